The molecule has 3 nitrogen and oxygen atoms in total. The highest BCUT2D eigenvalue weighted by atomic mass is 16.3. The van der Waals surface area contributed by atoms with Crippen molar-refractivity contribution in [3.63, 3.8) is 0 Å². The number of rotatable bonds is 2. The van der Waals surface area contributed by atoms with Crippen LogP contribution in [0.25, 0.3) is 0 Å². The molecule has 0 radical (unpaired) electrons. The molecule has 20 heavy (non-hydrogen) atoms. The van der Waals surface area contributed by atoms with Crippen molar-refractivity contribution < 1.29 is 15.3 Å². The number of benzene rings is 2. The van der Waals surface area contributed by atoms with Gasteiger partial charge in [-0.05, 0) is 61.6 Å². The lowest BCUT2D eigenvalue weighted by Crippen LogP contribution is -1.95. The van der Waals surface area contributed by atoms with Crippen LogP contribution in [0.3, 0.4) is 0 Å². The molecule has 2 aromatic rings. The van der Waals surface area contributed by atoms with Crippen LogP contribution in [-0.4, -0.2) is 15.3 Å². The summed E-state index contributed by atoms with van der Waals surface area (Å²) < 4.78 is 0. The summed E-state index contributed by atoms with van der Waals surface area (Å²) in [6, 6.07) is 5.63. The Bertz CT molecular complexity index is 649. The predicted octanol–water partition coefficient (Wildman–Crippen LogP) is 3.63. The molecule has 3 heteroatoms. The lowest BCUT2D eigenvalue weighted by molar-refractivity contribution is 0.437. The highest BCUT2D eigenvalue weighted by Gasteiger charge is 2.13. The van der Waals surface area contributed by atoms with E-state index < -0.39 is 0 Å². The second-order valence-electron chi connectivity index (χ2n) is 5.43. The zero-order valence-electron chi connectivity index (χ0n) is 12.3. The normalized spacial score (nSPS) is 10.8. The molecule has 0 heterocycles. The predicted molar refractivity (Wildman–Crippen MR) is 79.6 cm³/mol. The van der Waals surface area contributed by atoms with Crippen molar-refractivity contribution in [1.82, 2.24) is 0 Å². The molecule has 0 saturated carbocycles. The number of hydrogen-bond donors (Lipinski definition) is 3. The van der Waals surface area contributed by atoms with Gasteiger partial charge < -0.3 is 15.3 Å². The summed E-state index contributed by atoms with van der Waals surface area (Å²) in [5.74, 6) is 0.594. The van der Waals surface area contributed by atoms with E-state index in [9.17, 15) is 15.3 Å². The zero-order valence-corrected chi connectivity index (χ0v) is 12.3. The van der Waals surface area contributed by atoms with E-state index in [1.807, 2.05) is 32.9 Å². The summed E-state index contributed by atoms with van der Waals surface area (Å²) in [7, 11) is 0. The molecule has 0 aliphatic rings. The summed E-state index contributed by atoms with van der Waals surface area (Å²) in [5.41, 5.74) is 4.72. The van der Waals surface area contributed by atoms with Gasteiger partial charge in [-0.2, -0.15) is 0 Å². The van der Waals surface area contributed by atoms with Crippen LogP contribution in [-0.2, 0) is 6.42 Å². The molecule has 0 bridgehead atoms. The average Bonchev–Trinajstić information content (AvgIpc) is 2.39. The van der Waals surface area contributed by atoms with Crippen LogP contribution in [0.4, 0.5) is 0 Å². The molecule has 2 rings (SSSR count). The molecule has 3 N–H and O–H groups in total. The van der Waals surface area contributed by atoms with Gasteiger partial charge >= 0.3 is 0 Å². The van der Waals surface area contributed by atoms with Crippen LogP contribution in [0.2, 0.25) is 0 Å². The standard InChI is InChI=1S/C17H20O3/c1-9-5-13(6-10(2)15(9)18)8-14-7-11(3)16(19)12(4)17(14)20/h5-7,18-20H,8H2,1-4H3. The summed E-state index contributed by atoms with van der Waals surface area (Å²) in [4.78, 5) is 0. The average molecular weight is 272 g/mol. The number of aryl methyl sites for hydroxylation is 3. The topological polar surface area (TPSA) is 60.7 Å². The molecule has 0 atom stereocenters. The lowest BCUT2D eigenvalue weighted by Gasteiger charge is -2.13. The van der Waals surface area contributed by atoms with E-state index >= 15 is 0 Å². The maximum absolute atomic E-state index is 10.1. The van der Waals surface area contributed by atoms with Gasteiger partial charge in [-0.3, -0.25) is 0 Å². The van der Waals surface area contributed by atoms with Gasteiger partial charge in [0.15, 0.2) is 0 Å². The van der Waals surface area contributed by atoms with Crippen molar-refractivity contribution in [1.29, 1.82) is 0 Å². The van der Waals surface area contributed by atoms with Crippen LogP contribution in [0.5, 0.6) is 17.2 Å². The van der Waals surface area contributed by atoms with Crippen molar-refractivity contribution in [2.24, 2.45) is 0 Å². The van der Waals surface area contributed by atoms with Crippen molar-refractivity contribution in [3.8, 4) is 17.2 Å². The van der Waals surface area contributed by atoms with Gasteiger partial charge in [0.05, 0.1) is 0 Å². The van der Waals surface area contributed by atoms with Gasteiger partial charge in [0, 0.05) is 12.0 Å². The first-order chi connectivity index (χ1) is 9.31. The Morgan fingerprint density at radius 1 is 0.700 bits per heavy atom. The van der Waals surface area contributed by atoms with E-state index in [1.54, 1.807) is 13.0 Å². The first kappa shape index (κ1) is 14.3. The Kier molecular flexibility index (Phi) is 3.62. The van der Waals surface area contributed by atoms with Crippen LogP contribution in [0, 0.1) is 27.7 Å². The smallest absolute Gasteiger partial charge is 0.125 e. The molecule has 0 aromatic heterocycles. The van der Waals surface area contributed by atoms with Crippen LogP contribution < -0.4 is 0 Å². The Balaban J connectivity index is 2.45. The van der Waals surface area contributed by atoms with Crippen molar-refractivity contribution in [3.05, 3.63) is 51.6 Å². The van der Waals surface area contributed by atoms with E-state index in [1.165, 1.54) is 0 Å². The summed E-state index contributed by atoms with van der Waals surface area (Å²) >= 11 is 0. The fourth-order valence-electron chi connectivity index (χ4n) is 2.55. The first-order valence-electron chi connectivity index (χ1n) is 6.61. The van der Waals surface area contributed by atoms with E-state index in [-0.39, 0.29) is 11.5 Å². The van der Waals surface area contributed by atoms with Gasteiger partial charge in [0.1, 0.15) is 17.2 Å². The Hall–Kier alpha value is -2.16. The molecule has 0 amide bonds. The minimum atomic E-state index is 0.136. The summed E-state index contributed by atoms with van der Waals surface area (Å²) in [5, 5.41) is 29.8. The van der Waals surface area contributed by atoms with E-state index in [0.717, 1.165) is 27.8 Å². The lowest BCUT2D eigenvalue weighted by atomic mass is 9.96. The fourth-order valence-corrected chi connectivity index (χ4v) is 2.55. The minimum absolute atomic E-state index is 0.136. The fraction of sp³-hybridized carbons (Fsp3) is 0.294. The van der Waals surface area contributed by atoms with Gasteiger partial charge in [-0.1, -0.05) is 12.1 Å². The van der Waals surface area contributed by atoms with E-state index in [4.69, 9.17) is 0 Å². The quantitative estimate of drug-likeness (QED) is 0.782. The zero-order chi connectivity index (χ0) is 15.0. The van der Waals surface area contributed by atoms with Crippen molar-refractivity contribution in [2.45, 2.75) is 34.1 Å². The number of phenols is 3. The molecular formula is C17H20O3. The Labute approximate surface area is 119 Å². The van der Waals surface area contributed by atoms with Gasteiger partial charge in [-0.25, -0.2) is 0 Å². The minimum Gasteiger partial charge on any atom is -0.507 e. The second kappa shape index (κ2) is 5.08. The Morgan fingerprint density at radius 3 is 1.75 bits per heavy atom. The van der Waals surface area contributed by atoms with Crippen molar-refractivity contribution in [2.75, 3.05) is 0 Å². The summed E-state index contributed by atoms with van der Waals surface area (Å²) in [6.07, 6.45) is 0.565. The molecule has 0 fully saturated rings. The molecule has 0 aliphatic carbocycles. The third-order valence-corrected chi connectivity index (χ3v) is 3.72. The highest BCUT2D eigenvalue weighted by Crippen LogP contribution is 2.34. The third-order valence-electron chi connectivity index (χ3n) is 3.72. The highest BCUT2D eigenvalue weighted by molar-refractivity contribution is 5.54. The first-order valence-corrected chi connectivity index (χ1v) is 6.61. The van der Waals surface area contributed by atoms with Crippen LogP contribution in [0.15, 0.2) is 18.2 Å². The molecule has 0 spiro atoms. The monoisotopic (exact) mass is 272 g/mol. The maximum atomic E-state index is 10.1. The number of phenolic OH excluding ortho intramolecular Hbond substituents is 3. The SMILES string of the molecule is Cc1cc(Cc2cc(C)c(O)c(C)c2O)cc(C)c1O. The second-order valence-corrected chi connectivity index (χ2v) is 5.43. The van der Waals surface area contributed by atoms with Crippen LogP contribution in [0.1, 0.15) is 33.4 Å². The largest absolute Gasteiger partial charge is 0.507 e. The van der Waals surface area contributed by atoms with Crippen molar-refractivity contribution >= 4 is 0 Å². The van der Waals surface area contributed by atoms with Gasteiger partial charge in [0.2, 0.25) is 0 Å². The number of hydrogen-bond acceptors (Lipinski definition) is 3. The van der Waals surface area contributed by atoms with E-state index in [0.29, 0.717) is 17.7 Å². The molecule has 0 saturated heterocycles. The summed E-state index contributed by atoms with van der Waals surface area (Å²) in [6.45, 7) is 7.24. The maximum Gasteiger partial charge on any atom is 0.125 e. The third kappa shape index (κ3) is 2.44. The molecule has 0 unspecified atom stereocenters. The van der Waals surface area contributed by atoms with Crippen LogP contribution >= 0.6 is 0 Å². The van der Waals surface area contributed by atoms with E-state index in [2.05, 4.69) is 0 Å². The Morgan fingerprint density at radius 2 is 1.20 bits per heavy atom. The molecule has 0 aliphatic heterocycles. The molecule has 106 valence electrons. The molecular weight excluding hydrogens is 252 g/mol. The van der Waals surface area contributed by atoms with Gasteiger partial charge in [-0.15, -0.1) is 0 Å². The van der Waals surface area contributed by atoms with Gasteiger partial charge in [0.25, 0.3) is 0 Å². The molecule has 2 aromatic carbocycles. The number of aromatic hydroxyl groups is 3.